The van der Waals surface area contributed by atoms with Crippen molar-refractivity contribution in [2.24, 2.45) is 0 Å². The number of nitrogens with zero attached hydrogens (tertiary/aromatic N) is 3. The second kappa shape index (κ2) is 6.67. The summed E-state index contributed by atoms with van der Waals surface area (Å²) in [5, 5.41) is 0. The number of imidazole rings is 1. The Hall–Kier alpha value is -2.91. The quantitative estimate of drug-likeness (QED) is 0.440. The normalized spacial score (nSPS) is 12.5. The topological polar surface area (TPSA) is 30.7 Å². The number of benzene rings is 2. The van der Waals surface area contributed by atoms with Crippen LogP contribution in [-0.4, -0.2) is 14.5 Å². The Morgan fingerprint density at radius 1 is 0.926 bits per heavy atom. The van der Waals surface area contributed by atoms with Crippen molar-refractivity contribution in [3.05, 3.63) is 84.2 Å². The van der Waals surface area contributed by atoms with Crippen LogP contribution in [0.2, 0.25) is 0 Å². The molecule has 0 unspecified atom stereocenters. The summed E-state index contributed by atoms with van der Waals surface area (Å²) >= 11 is 5.96. The molecule has 4 aromatic rings. The second-order valence-electron chi connectivity index (χ2n) is 6.76. The molecule has 132 valence electrons. The predicted molar refractivity (Wildman–Crippen MR) is 110 cm³/mol. The first-order valence-corrected chi connectivity index (χ1v) is 9.63. The molecule has 2 aromatic heterocycles. The van der Waals surface area contributed by atoms with Crippen molar-refractivity contribution in [3.63, 3.8) is 0 Å². The highest BCUT2D eigenvalue weighted by Gasteiger charge is 2.25. The number of hydrogen-bond acceptors (Lipinski definition) is 2. The number of aromatic nitrogens is 3. The molecule has 2 aromatic carbocycles. The van der Waals surface area contributed by atoms with E-state index in [1.165, 1.54) is 16.8 Å². The van der Waals surface area contributed by atoms with E-state index in [0.29, 0.717) is 5.88 Å². The lowest BCUT2D eigenvalue weighted by Gasteiger charge is -2.19. The minimum absolute atomic E-state index is 0.518. The summed E-state index contributed by atoms with van der Waals surface area (Å²) in [6.07, 6.45) is 4.79. The minimum atomic E-state index is 0.518. The van der Waals surface area contributed by atoms with Crippen molar-refractivity contribution in [1.29, 1.82) is 0 Å². The molecule has 0 saturated carbocycles. The molecule has 0 amide bonds. The van der Waals surface area contributed by atoms with Gasteiger partial charge in [-0.3, -0.25) is 4.98 Å². The number of pyridine rings is 1. The highest BCUT2D eigenvalue weighted by Crippen LogP contribution is 2.39. The molecule has 0 atom stereocenters. The van der Waals surface area contributed by atoms with Gasteiger partial charge in [-0.1, -0.05) is 54.6 Å². The van der Waals surface area contributed by atoms with E-state index in [0.717, 1.165) is 41.2 Å². The Bertz CT molecular complexity index is 1100. The maximum Gasteiger partial charge on any atom is 0.143 e. The molecule has 27 heavy (non-hydrogen) atoms. The van der Waals surface area contributed by atoms with Crippen LogP contribution in [0, 0.1) is 0 Å². The third-order valence-electron chi connectivity index (χ3n) is 5.15. The van der Waals surface area contributed by atoms with Crippen molar-refractivity contribution in [2.45, 2.75) is 18.8 Å². The van der Waals surface area contributed by atoms with Gasteiger partial charge in [0.25, 0.3) is 0 Å². The van der Waals surface area contributed by atoms with Gasteiger partial charge in [0.15, 0.2) is 0 Å². The fraction of sp³-hybridized carbons (Fsp3) is 0.130. The molecular weight excluding hydrogens is 354 g/mol. The zero-order valence-electron chi connectivity index (χ0n) is 14.8. The number of aryl methyl sites for hydroxylation is 1. The van der Waals surface area contributed by atoms with Crippen molar-refractivity contribution in [2.75, 3.05) is 0 Å². The Labute approximate surface area is 163 Å². The average molecular weight is 372 g/mol. The van der Waals surface area contributed by atoms with Gasteiger partial charge in [-0.2, -0.15) is 0 Å². The monoisotopic (exact) mass is 371 g/mol. The Kier molecular flexibility index (Phi) is 4.02. The molecule has 3 heterocycles. The zero-order valence-corrected chi connectivity index (χ0v) is 15.5. The molecule has 4 heteroatoms. The average Bonchev–Trinajstić information content (AvgIpc) is 3.14. The van der Waals surface area contributed by atoms with E-state index >= 15 is 0 Å². The van der Waals surface area contributed by atoms with Crippen molar-refractivity contribution in [1.82, 2.24) is 14.5 Å². The van der Waals surface area contributed by atoms with Gasteiger partial charge in [-0.05, 0) is 23.6 Å². The molecular formula is C23H18ClN3. The van der Waals surface area contributed by atoms with Crippen LogP contribution in [0.5, 0.6) is 0 Å². The Balaban J connectivity index is 1.77. The first-order chi connectivity index (χ1) is 13.3. The van der Waals surface area contributed by atoms with Crippen molar-refractivity contribution < 1.29 is 0 Å². The van der Waals surface area contributed by atoms with E-state index < -0.39 is 0 Å². The van der Waals surface area contributed by atoms with Gasteiger partial charge < -0.3 is 4.57 Å². The first-order valence-electron chi connectivity index (χ1n) is 9.09. The smallest absolute Gasteiger partial charge is 0.143 e. The molecule has 0 fully saturated rings. The molecule has 3 nitrogen and oxygen atoms in total. The molecule has 1 aliphatic heterocycles. The molecule has 1 aliphatic rings. The van der Waals surface area contributed by atoms with Gasteiger partial charge in [-0.15, -0.1) is 11.6 Å². The number of alkyl halides is 1. The highest BCUT2D eigenvalue weighted by molar-refractivity contribution is 6.17. The molecule has 0 spiro atoms. The van der Waals surface area contributed by atoms with Gasteiger partial charge in [0.1, 0.15) is 5.82 Å². The van der Waals surface area contributed by atoms with Crippen LogP contribution < -0.4 is 0 Å². The predicted octanol–water partition coefficient (Wildman–Crippen LogP) is 5.57. The highest BCUT2D eigenvalue weighted by atomic mass is 35.5. The SMILES string of the molecule is ClCc1ccc(-c2nc3n(c2-c2ccccc2)CCc2ccncc2-3)cc1. The molecule has 0 radical (unpaired) electrons. The van der Waals surface area contributed by atoms with Gasteiger partial charge in [0, 0.05) is 41.5 Å². The summed E-state index contributed by atoms with van der Waals surface area (Å²) in [5.41, 5.74) is 8.01. The first kappa shape index (κ1) is 16.3. The number of fused-ring (bicyclic) bond motifs is 3. The summed E-state index contributed by atoms with van der Waals surface area (Å²) in [6.45, 7) is 0.920. The maximum atomic E-state index is 5.96. The summed E-state index contributed by atoms with van der Waals surface area (Å²) in [5.74, 6) is 1.52. The molecule has 0 aliphatic carbocycles. The van der Waals surface area contributed by atoms with E-state index in [1.807, 2.05) is 18.5 Å². The van der Waals surface area contributed by atoms with Gasteiger partial charge in [-0.25, -0.2) is 4.98 Å². The number of rotatable bonds is 3. The van der Waals surface area contributed by atoms with Crippen LogP contribution in [0.4, 0.5) is 0 Å². The van der Waals surface area contributed by atoms with Gasteiger partial charge in [0.05, 0.1) is 11.4 Å². The molecule has 5 rings (SSSR count). The van der Waals surface area contributed by atoms with Crippen molar-refractivity contribution >= 4 is 11.6 Å². The van der Waals surface area contributed by atoms with Crippen LogP contribution in [-0.2, 0) is 18.8 Å². The Morgan fingerprint density at radius 2 is 1.74 bits per heavy atom. The third kappa shape index (κ3) is 2.75. The fourth-order valence-electron chi connectivity index (χ4n) is 3.79. The minimum Gasteiger partial charge on any atom is -0.323 e. The van der Waals surface area contributed by atoms with Crippen LogP contribution >= 0.6 is 11.6 Å². The lowest BCUT2D eigenvalue weighted by Crippen LogP contribution is -2.12. The summed E-state index contributed by atoms with van der Waals surface area (Å²) in [7, 11) is 0. The largest absolute Gasteiger partial charge is 0.323 e. The summed E-state index contributed by atoms with van der Waals surface area (Å²) < 4.78 is 2.34. The van der Waals surface area contributed by atoms with Gasteiger partial charge in [0.2, 0.25) is 0 Å². The molecule has 0 saturated heterocycles. The molecule has 0 N–H and O–H groups in total. The van der Waals surface area contributed by atoms with Gasteiger partial charge >= 0.3 is 0 Å². The second-order valence-corrected chi connectivity index (χ2v) is 7.03. The summed E-state index contributed by atoms with van der Waals surface area (Å²) in [4.78, 5) is 9.42. The van der Waals surface area contributed by atoms with Crippen molar-refractivity contribution in [3.8, 4) is 33.9 Å². The molecule has 0 bridgehead atoms. The van der Waals surface area contributed by atoms with Crippen LogP contribution in [0.3, 0.4) is 0 Å². The number of hydrogen-bond donors (Lipinski definition) is 0. The van der Waals surface area contributed by atoms with Crippen LogP contribution in [0.1, 0.15) is 11.1 Å². The third-order valence-corrected chi connectivity index (χ3v) is 5.46. The van der Waals surface area contributed by atoms with Crippen LogP contribution in [0.25, 0.3) is 33.9 Å². The van der Waals surface area contributed by atoms with E-state index in [1.54, 1.807) is 0 Å². The zero-order chi connectivity index (χ0) is 18.2. The van der Waals surface area contributed by atoms with E-state index in [2.05, 4.69) is 64.1 Å². The summed E-state index contributed by atoms with van der Waals surface area (Å²) in [6, 6.07) is 21.0. The van der Waals surface area contributed by atoms with E-state index in [9.17, 15) is 0 Å². The number of halogens is 1. The lowest BCUT2D eigenvalue weighted by molar-refractivity contribution is 0.688. The van der Waals surface area contributed by atoms with E-state index in [-0.39, 0.29) is 0 Å². The van der Waals surface area contributed by atoms with Crippen LogP contribution in [0.15, 0.2) is 73.1 Å². The fourth-order valence-corrected chi connectivity index (χ4v) is 3.97. The standard InChI is InChI=1S/C23H18ClN3/c24-14-16-6-8-18(9-7-16)21-22(19-4-2-1-3-5-19)27-13-11-17-10-12-25-15-20(17)23(27)26-21/h1-10,12,15H,11,13-14H2. The maximum absolute atomic E-state index is 5.96. The Morgan fingerprint density at radius 3 is 2.52 bits per heavy atom. The van der Waals surface area contributed by atoms with E-state index in [4.69, 9.17) is 16.6 Å². The lowest BCUT2D eigenvalue weighted by atomic mass is 10.0.